The van der Waals surface area contributed by atoms with Crippen LogP contribution in [0.15, 0.2) is 24.3 Å². The Morgan fingerprint density at radius 3 is 2.37 bits per heavy atom. The number of hydrogen-bond acceptors (Lipinski definition) is 2. The van der Waals surface area contributed by atoms with E-state index in [4.69, 9.17) is 4.74 Å². The predicted octanol–water partition coefficient (Wildman–Crippen LogP) is 4.17. The molecule has 0 aliphatic heterocycles. The van der Waals surface area contributed by atoms with Crippen LogP contribution in [-0.2, 0) is 0 Å². The molecule has 0 heterocycles. The molecule has 2 rings (SSSR count). The van der Waals surface area contributed by atoms with Crippen LogP contribution >= 0.6 is 0 Å². The zero-order chi connectivity index (χ0) is 13.9. The van der Waals surface area contributed by atoms with Gasteiger partial charge in [0.25, 0.3) is 0 Å². The van der Waals surface area contributed by atoms with Crippen LogP contribution < -0.4 is 10.1 Å². The summed E-state index contributed by atoms with van der Waals surface area (Å²) in [7, 11) is 0. The zero-order valence-electron chi connectivity index (χ0n) is 12.7. The molecule has 2 heteroatoms. The van der Waals surface area contributed by atoms with E-state index in [0.29, 0.717) is 11.5 Å². The quantitative estimate of drug-likeness (QED) is 0.795. The van der Waals surface area contributed by atoms with Crippen molar-refractivity contribution in [2.24, 2.45) is 11.3 Å². The normalized spacial score (nSPS) is 22.0. The molecule has 1 N–H and O–H groups in total. The first-order valence-electron chi connectivity index (χ1n) is 7.54. The van der Waals surface area contributed by atoms with E-state index < -0.39 is 0 Å². The minimum atomic E-state index is 0.486. The van der Waals surface area contributed by atoms with Crippen LogP contribution in [0.1, 0.15) is 52.1 Å². The molecule has 1 aromatic carbocycles. The van der Waals surface area contributed by atoms with E-state index in [1.165, 1.54) is 12.0 Å². The molecule has 1 aliphatic rings. The third-order valence-electron chi connectivity index (χ3n) is 4.13. The third-order valence-corrected chi connectivity index (χ3v) is 4.13. The molecule has 2 atom stereocenters. The topological polar surface area (TPSA) is 21.3 Å². The Kier molecular flexibility index (Phi) is 4.51. The van der Waals surface area contributed by atoms with Crippen molar-refractivity contribution in [2.75, 3.05) is 13.2 Å². The Balaban J connectivity index is 2.05. The van der Waals surface area contributed by atoms with E-state index in [0.717, 1.165) is 31.2 Å². The number of rotatable bonds is 7. The van der Waals surface area contributed by atoms with Gasteiger partial charge in [0, 0.05) is 6.04 Å². The van der Waals surface area contributed by atoms with Gasteiger partial charge in [-0.05, 0) is 48.4 Å². The van der Waals surface area contributed by atoms with Crippen LogP contribution in [0, 0.1) is 11.3 Å². The maximum Gasteiger partial charge on any atom is 0.119 e. The van der Waals surface area contributed by atoms with Gasteiger partial charge in [0.15, 0.2) is 0 Å². The summed E-state index contributed by atoms with van der Waals surface area (Å²) in [6, 6.07) is 9.12. The highest BCUT2D eigenvalue weighted by Crippen LogP contribution is 2.57. The highest BCUT2D eigenvalue weighted by Gasteiger charge is 2.50. The van der Waals surface area contributed by atoms with Crippen molar-refractivity contribution in [2.45, 2.75) is 46.6 Å². The van der Waals surface area contributed by atoms with Crippen molar-refractivity contribution < 1.29 is 4.74 Å². The first kappa shape index (κ1) is 14.4. The summed E-state index contributed by atoms with van der Waals surface area (Å²) in [5.74, 6) is 1.74. The van der Waals surface area contributed by atoms with E-state index >= 15 is 0 Å². The molecular formula is C17H27NO. The maximum absolute atomic E-state index is 5.65. The monoisotopic (exact) mass is 261 g/mol. The fourth-order valence-electron chi connectivity index (χ4n) is 2.78. The average molecular weight is 261 g/mol. The van der Waals surface area contributed by atoms with Crippen molar-refractivity contribution in [3.05, 3.63) is 29.8 Å². The van der Waals surface area contributed by atoms with E-state index in [1.807, 2.05) is 0 Å². The van der Waals surface area contributed by atoms with E-state index in [9.17, 15) is 0 Å². The van der Waals surface area contributed by atoms with Gasteiger partial charge in [-0.25, -0.2) is 0 Å². The lowest BCUT2D eigenvalue weighted by Crippen LogP contribution is -2.24. The Bertz CT molecular complexity index is 396. The van der Waals surface area contributed by atoms with E-state index in [-0.39, 0.29) is 0 Å². The molecule has 1 aromatic rings. The molecule has 1 fully saturated rings. The number of ether oxygens (including phenoxy) is 1. The van der Waals surface area contributed by atoms with Crippen molar-refractivity contribution >= 4 is 0 Å². The van der Waals surface area contributed by atoms with Crippen LogP contribution in [0.2, 0.25) is 0 Å². The van der Waals surface area contributed by atoms with Gasteiger partial charge in [-0.3, -0.25) is 0 Å². The molecule has 0 radical (unpaired) electrons. The van der Waals surface area contributed by atoms with Crippen molar-refractivity contribution in [3.63, 3.8) is 0 Å². The smallest absolute Gasteiger partial charge is 0.119 e. The first-order valence-corrected chi connectivity index (χ1v) is 7.54. The third kappa shape index (κ3) is 3.50. The molecule has 0 bridgehead atoms. The molecule has 0 saturated heterocycles. The average Bonchev–Trinajstić information content (AvgIpc) is 3.03. The molecule has 0 amide bonds. The zero-order valence-corrected chi connectivity index (χ0v) is 12.7. The highest BCUT2D eigenvalue weighted by atomic mass is 16.5. The lowest BCUT2D eigenvalue weighted by Gasteiger charge is -2.20. The van der Waals surface area contributed by atoms with Gasteiger partial charge in [-0.15, -0.1) is 0 Å². The van der Waals surface area contributed by atoms with Crippen molar-refractivity contribution in [1.29, 1.82) is 0 Å². The van der Waals surface area contributed by atoms with Crippen LogP contribution in [0.5, 0.6) is 5.75 Å². The second-order valence-corrected chi connectivity index (χ2v) is 6.25. The highest BCUT2D eigenvalue weighted by molar-refractivity contribution is 5.31. The molecule has 1 aliphatic carbocycles. The van der Waals surface area contributed by atoms with Gasteiger partial charge in [0.05, 0.1) is 6.61 Å². The number of benzene rings is 1. The summed E-state index contributed by atoms with van der Waals surface area (Å²) in [5, 5.41) is 3.64. The van der Waals surface area contributed by atoms with Crippen LogP contribution in [0.3, 0.4) is 0 Å². The fraction of sp³-hybridized carbons (Fsp3) is 0.647. The van der Waals surface area contributed by atoms with Gasteiger partial charge in [0.1, 0.15) is 5.75 Å². The number of nitrogens with one attached hydrogen (secondary N) is 1. The van der Waals surface area contributed by atoms with E-state index in [2.05, 4.69) is 57.3 Å². The summed E-state index contributed by atoms with van der Waals surface area (Å²) in [4.78, 5) is 0. The minimum absolute atomic E-state index is 0.486. The lowest BCUT2D eigenvalue weighted by atomic mass is 9.97. The Labute approximate surface area is 117 Å². The fourth-order valence-corrected chi connectivity index (χ4v) is 2.78. The molecule has 2 unspecified atom stereocenters. The van der Waals surface area contributed by atoms with Gasteiger partial charge in [-0.1, -0.05) is 39.8 Å². The lowest BCUT2D eigenvalue weighted by molar-refractivity contribution is 0.317. The molecule has 1 saturated carbocycles. The van der Waals surface area contributed by atoms with Crippen molar-refractivity contribution in [3.8, 4) is 5.75 Å². The number of hydrogen-bond donors (Lipinski definition) is 1. The molecule has 2 nitrogen and oxygen atoms in total. The predicted molar refractivity (Wildman–Crippen MR) is 80.5 cm³/mol. The van der Waals surface area contributed by atoms with Crippen LogP contribution in [0.25, 0.3) is 0 Å². The summed E-state index contributed by atoms with van der Waals surface area (Å²) in [6.07, 6.45) is 2.37. The van der Waals surface area contributed by atoms with Crippen LogP contribution in [0.4, 0.5) is 0 Å². The largest absolute Gasteiger partial charge is 0.494 e. The standard InChI is InChI=1S/C17H27NO/c1-5-11-19-14-9-7-13(8-10-14)16(18-6-2)15-12-17(15,3)4/h7-10,15-16,18H,5-6,11-12H2,1-4H3. The molecule has 0 aromatic heterocycles. The Hall–Kier alpha value is -1.02. The van der Waals surface area contributed by atoms with Gasteiger partial charge in [0.2, 0.25) is 0 Å². The summed E-state index contributed by atoms with van der Waals surface area (Å²) >= 11 is 0. The molecular weight excluding hydrogens is 234 g/mol. The maximum atomic E-state index is 5.65. The summed E-state index contributed by atoms with van der Waals surface area (Å²) in [6.45, 7) is 10.9. The van der Waals surface area contributed by atoms with Crippen LogP contribution in [-0.4, -0.2) is 13.2 Å². The Morgan fingerprint density at radius 1 is 1.26 bits per heavy atom. The molecule has 0 spiro atoms. The summed E-state index contributed by atoms with van der Waals surface area (Å²) in [5.41, 5.74) is 1.88. The SMILES string of the molecule is CCCOc1ccc(C(NCC)C2CC2(C)C)cc1. The molecule has 19 heavy (non-hydrogen) atoms. The van der Waals surface area contributed by atoms with Gasteiger partial charge < -0.3 is 10.1 Å². The Morgan fingerprint density at radius 2 is 1.89 bits per heavy atom. The first-order chi connectivity index (χ1) is 9.08. The van der Waals surface area contributed by atoms with Gasteiger partial charge >= 0.3 is 0 Å². The van der Waals surface area contributed by atoms with Crippen molar-refractivity contribution in [1.82, 2.24) is 5.32 Å². The second kappa shape index (κ2) is 5.96. The minimum Gasteiger partial charge on any atom is -0.494 e. The van der Waals surface area contributed by atoms with E-state index in [1.54, 1.807) is 0 Å². The summed E-state index contributed by atoms with van der Waals surface area (Å²) < 4.78 is 5.65. The molecule has 106 valence electrons. The second-order valence-electron chi connectivity index (χ2n) is 6.25. The van der Waals surface area contributed by atoms with Gasteiger partial charge in [-0.2, -0.15) is 0 Å².